The van der Waals surface area contributed by atoms with Crippen LogP contribution in [0.5, 0.6) is 0 Å². The van der Waals surface area contributed by atoms with Gasteiger partial charge in [0, 0.05) is 11.9 Å². The molecule has 1 heterocycles. The van der Waals surface area contributed by atoms with Crippen molar-refractivity contribution in [2.24, 2.45) is 5.14 Å². The van der Waals surface area contributed by atoms with Crippen LogP contribution in [-0.4, -0.2) is 24.1 Å². The van der Waals surface area contributed by atoms with Crippen molar-refractivity contribution in [3.05, 3.63) is 70.8 Å². The molecule has 3 N–H and O–H groups in total. The van der Waals surface area contributed by atoms with Crippen LogP contribution in [0.4, 0.5) is 10.1 Å². The SMILES string of the molecule is CCc1cc(F)ccc1CC(=O)Nc1ccc(-n2cc(Cl)cn2)c(S(N)(=O)=O)c1. The lowest BCUT2D eigenvalue weighted by atomic mass is 10.0. The van der Waals surface area contributed by atoms with E-state index in [9.17, 15) is 17.6 Å². The van der Waals surface area contributed by atoms with Crippen LogP contribution in [0.3, 0.4) is 0 Å². The molecule has 0 radical (unpaired) electrons. The zero-order valence-electron chi connectivity index (χ0n) is 15.4. The van der Waals surface area contributed by atoms with Crippen LogP contribution in [0.1, 0.15) is 18.1 Å². The molecule has 1 aromatic heterocycles. The van der Waals surface area contributed by atoms with Crippen LogP contribution < -0.4 is 10.5 Å². The van der Waals surface area contributed by atoms with Gasteiger partial charge in [-0.3, -0.25) is 4.79 Å². The first-order valence-corrected chi connectivity index (χ1v) is 10.5. The quantitative estimate of drug-likeness (QED) is 0.619. The molecule has 0 unspecified atom stereocenters. The summed E-state index contributed by atoms with van der Waals surface area (Å²) in [5.74, 6) is -0.736. The molecule has 29 heavy (non-hydrogen) atoms. The molecule has 7 nitrogen and oxygen atoms in total. The maximum atomic E-state index is 13.4. The van der Waals surface area contributed by atoms with Crippen molar-refractivity contribution in [1.82, 2.24) is 9.78 Å². The molecule has 152 valence electrons. The highest BCUT2D eigenvalue weighted by molar-refractivity contribution is 7.89. The van der Waals surface area contributed by atoms with Gasteiger partial charge in [-0.15, -0.1) is 0 Å². The summed E-state index contributed by atoms with van der Waals surface area (Å²) in [5.41, 5.74) is 1.88. The van der Waals surface area contributed by atoms with Crippen molar-refractivity contribution in [2.45, 2.75) is 24.7 Å². The Morgan fingerprint density at radius 3 is 2.62 bits per heavy atom. The van der Waals surface area contributed by atoms with Crippen molar-refractivity contribution in [3.63, 3.8) is 0 Å². The van der Waals surface area contributed by atoms with E-state index >= 15 is 0 Å². The minimum absolute atomic E-state index is 0.0185. The summed E-state index contributed by atoms with van der Waals surface area (Å²) in [7, 11) is -4.10. The van der Waals surface area contributed by atoms with Crippen molar-refractivity contribution in [1.29, 1.82) is 0 Å². The number of amides is 1. The van der Waals surface area contributed by atoms with Crippen LogP contribution in [0, 0.1) is 5.82 Å². The summed E-state index contributed by atoms with van der Waals surface area (Å²) in [5, 5.41) is 12.3. The van der Waals surface area contributed by atoms with E-state index in [1.54, 1.807) is 6.07 Å². The van der Waals surface area contributed by atoms with Crippen LogP contribution in [-0.2, 0) is 27.7 Å². The number of sulfonamides is 1. The van der Waals surface area contributed by atoms with Crippen molar-refractivity contribution in [2.75, 3.05) is 5.32 Å². The highest BCUT2D eigenvalue weighted by Crippen LogP contribution is 2.24. The number of carbonyl (C=O) groups is 1. The normalized spacial score (nSPS) is 11.4. The third-order valence-corrected chi connectivity index (χ3v) is 5.38. The molecule has 0 saturated heterocycles. The number of nitrogens with two attached hydrogens (primary N) is 1. The first-order chi connectivity index (χ1) is 13.7. The molecular weight excluding hydrogens is 419 g/mol. The van der Waals surface area contributed by atoms with Gasteiger partial charge in [0.05, 0.1) is 23.3 Å². The molecule has 10 heteroatoms. The van der Waals surface area contributed by atoms with E-state index in [-0.39, 0.29) is 34.4 Å². The second kappa shape index (κ2) is 8.32. The van der Waals surface area contributed by atoms with E-state index in [0.717, 1.165) is 5.56 Å². The number of anilines is 1. The lowest BCUT2D eigenvalue weighted by Gasteiger charge is -2.12. The van der Waals surface area contributed by atoms with Crippen LogP contribution in [0.25, 0.3) is 5.69 Å². The first-order valence-electron chi connectivity index (χ1n) is 8.62. The lowest BCUT2D eigenvalue weighted by molar-refractivity contribution is -0.115. The zero-order chi connectivity index (χ0) is 21.2. The van der Waals surface area contributed by atoms with Crippen LogP contribution in [0.2, 0.25) is 5.02 Å². The number of rotatable bonds is 6. The van der Waals surface area contributed by atoms with Crippen molar-refractivity contribution >= 4 is 33.2 Å². The fourth-order valence-corrected chi connectivity index (χ4v) is 3.80. The Morgan fingerprint density at radius 2 is 2.00 bits per heavy atom. The van der Waals surface area contributed by atoms with Gasteiger partial charge in [0.1, 0.15) is 10.7 Å². The van der Waals surface area contributed by atoms with E-state index in [1.165, 1.54) is 47.4 Å². The number of halogens is 2. The molecule has 1 amide bonds. The number of hydrogen-bond acceptors (Lipinski definition) is 4. The third-order valence-electron chi connectivity index (χ3n) is 4.25. The number of nitrogens with zero attached hydrogens (tertiary/aromatic N) is 2. The smallest absolute Gasteiger partial charge is 0.240 e. The average molecular weight is 437 g/mol. The Bertz CT molecular complexity index is 1180. The molecule has 0 saturated carbocycles. The maximum Gasteiger partial charge on any atom is 0.240 e. The van der Waals surface area contributed by atoms with Gasteiger partial charge >= 0.3 is 0 Å². The number of carbonyl (C=O) groups excluding carboxylic acids is 1. The molecule has 0 aliphatic rings. The fourth-order valence-electron chi connectivity index (χ4n) is 2.92. The second-order valence-corrected chi connectivity index (χ2v) is 8.29. The Morgan fingerprint density at radius 1 is 1.24 bits per heavy atom. The van der Waals surface area contributed by atoms with E-state index in [0.29, 0.717) is 17.0 Å². The zero-order valence-corrected chi connectivity index (χ0v) is 17.0. The number of nitrogens with one attached hydrogen (secondary N) is 1. The van der Waals surface area contributed by atoms with Gasteiger partial charge in [0.2, 0.25) is 15.9 Å². The molecule has 0 spiro atoms. The first kappa shape index (κ1) is 21.0. The van der Waals surface area contributed by atoms with E-state index in [4.69, 9.17) is 16.7 Å². The Hall–Kier alpha value is -2.75. The van der Waals surface area contributed by atoms with Crippen molar-refractivity contribution in [3.8, 4) is 5.69 Å². The molecule has 0 bridgehead atoms. The van der Waals surface area contributed by atoms with E-state index < -0.39 is 10.0 Å². The topological polar surface area (TPSA) is 107 Å². The molecular formula is C19H18ClFN4O3S. The highest BCUT2D eigenvalue weighted by Gasteiger charge is 2.18. The number of hydrogen-bond donors (Lipinski definition) is 2. The van der Waals surface area contributed by atoms with E-state index in [2.05, 4.69) is 10.4 Å². The Labute approximate surface area is 172 Å². The number of benzene rings is 2. The van der Waals surface area contributed by atoms with Crippen LogP contribution >= 0.6 is 11.6 Å². The summed E-state index contributed by atoms with van der Waals surface area (Å²) in [6.45, 7) is 1.87. The maximum absolute atomic E-state index is 13.4. The molecule has 0 aliphatic heterocycles. The highest BCUT2D eigenvalue weighted by atomic mass is 35.5. The van der Waals surface area contributed by atoms with Crippen molar-refractivity contribution < 1.29 is 17.6 Å². The largest absolute Gasteiger partial charge is 0.326 e. The summed E-state index contributed by atoms with van der Waals surface area (Å²) in [6.07, 6.45) is 3.39. The summed E-state index contributed by atoms with van der Waals surface area (Å²) in [6, 6.07) is 8.51. The third kappa shape index (κ3) is 5.00. The molecule has 0 atom stereocenters. The van der Waals surface area contributed by atoms with Gasteiger partial charge < -0.3 is 5.32 Å². The van der Waals surface area contributed by atoms with Gasteiger partial charge in [-0.05, 0) is 47.9 Å². The Kier molecular flexibility index (Phi) is 6.02. The summed E-state index contributed by atoms with van der Waals surface area (Å²) in [4.78, 5) is 12.2. The number of primary sulfonamides is 1. The fraction of sp³-hybridized carbons (Fsp3) is 0.158. The summed E-state index contributed by atoms with van der Waals surface area (Å²) < 4.78 is 38.7. The monoisotopic (exact) mass is 436 g/mol. The molecule has 0 fully saturated rings. The summed E-state index contributed by atoms with van der Waals surface area (Å²) >= 11 is 5.84. The number of aromatic nitrogens is 2. The predicted octanol–water partition coefficient (Wildman–Crippen LogP) is 3.06. The van der Waals surface area contributed by atoms with E-state index in [1.807, 2.05) is 6.92 Å². The van der Waals surface area contributed by atoms with Gasteiger partial charge in [-0.25, -0.2) is 22.6 Å². The second-order valence-electron chi connectivity index (χ2n) is 6.32. The minimum atomic E-state index is -4.10. The lowest BCUT2D eigenvalue weighted by Crippen LogP contribution is -2.18. The Balaban J connectivity index is 1.87. The molecule has 3 aromatic rings. The van der Waals surface area contributed by atoms with Crippen LogP contribution in [0.15, 0.2) is 53.7 Å². The van der Waals surface area contributed by atoms with Gasteiger partial charge in [0.15, 0.2) is 0 Å². The van der Waals surface area contributed by atoms with Gasteiger partial charge in [-0.2, -0.15) is 5.10 Å². The number of aryl methyl sites for hydroxylation is 1. The predicted molar refractivity (Wildman–Crippen MR) is 108 cm³/mol. The molecule has 0 aliphatic carbocycles. The minimum Gasteiger partial charge on any atom is -0.326 e. The molecule has 2 aromatic carbocycles. The van der Waals surface area contributed by atoms with Gasteiger partial charge in [-0.1, -0.05) is 24.6 Å². The average Bonchev–Trinajstić information content (AvgIpc) is 3.08. The standard InChI is InChI=1S/C19H18ClFN4O3S/c1-2-12-7-15(21)4-3-13(12)8-19(26)24-16-5-6-17(18(9-16)29(22,27)28)25-11-14(20)10-23-25/h3-7,9-11H,2,8H2,1H3,(H,24,26)(H2,22,27,28). The van der Waals surface area contributed by atoms with Gasteiger partial charge in [0.25, 0.3) is 0 Å². The molecule has 3 rings (SSSR count).